The third-order valence-corrected chi connectivity index (χ3v) is 6.36. The molecule has 1 atom stereocenters. The van der Waals surface area contributed by atoms with E-state index >= 15 is 0 Å². The maximum atomic E-state index is 12.5. The zero-order valence-corrected chi connectivity index (χ0v) is 22.2. The van der Waals surface area contributed by atoms with Crippen LogP contribution in [0.2, 0.25) is 0 Å². The normalized spacial score (nSPS) is 12.8. The number of esters is 1. The Morgan fingerprint density at radius 3 is 2.00 bits per heavy atom. The van der Waals surface area contributed by atoms with Crippen molar-refractivity contribution < 1.29 is 9.53 Å². The fourth-order valence-electron chi connectivity index (χ4n) is 4.33. The maximum Gasteiger partial charge on any atom is 0.331 e. The number of hydrogen-bond donors (Lipinski definition) is 0. The number of aryl methyl sites for hydroxylation is 1. The SMILES string of the molecule is CCCCCCCCCCCCc1cnc(-c2ccc(OC(=O)C(C)(C#N)CC(C)C)cc2)nc1. The molecule has 0 fully saturated rings. The Morgan fingerprint density at radius 2 is 1.49 bits per heavy atom. The summed E-state index contributed by atoms with van der Waals surface area (Å²) in [5.74, 6) is 0.770. The highest BCUT2D eigenvalue weighted by Gasteiger charge is 2.36. The zero-order chi connectivity index (χ0) is 25.5. The molecule has 0 N–H and O–H groups in total. The summed E-state index contributed by atoms with van der Waals surface area (Å²) in [6, 6.07) is 9.24. The molecule has 5 nitrogen and oxygen atoms in total. The highest BCUT2D eigenvalue weighted by atomic mass is 16.5. The second kappa shape index (κ2) is 15.3. The topological polar surface area (TPSA) is 75.9 Å². The number of ether oxygens (including phenoxy) is 1. The summed E-state index contributed by atoms with van der Waals surface area (Å²) < 4.78 is 5.48. The number of unbranched alkanes of at least 4 members (excludes halogenated alkanes) is 9. The number of rotatable bonds is 16. The first-order valence-corrected chi connectivity index (χ1v) is 13.4. The van der Waals surface area contributed by atoms with Crippen LogP contribution < -0.4 is 4.74 Å². The molecule has 1 unspecified atom stereocenters. The Balaban J connectivity index is 1.76. The van der Waals surface area contributed by atoms with Gasteiger partial charge in [-0.25, -0.2) is 14.8 Å². The molecule has 190 valence electrons. The van der Waals surface area contributed by atoms with Crippen LogP contribution in [0.15, 0.2) is 36.7 Å². The lowest BCUT2D eigenvalue weighted by Crippen LogP contribution is -2.32. The number of aromatic nitrogens is 2. The van der Waals surface area contributed by atoms with Crippen molar-refractivity contribution in [1.82, 2.24) is 9.97 Å². The lowest BCUT2D eigenvalue weighted by atomic mass is 9.83. The third-order valence-electron chi connectivity index (χ3n) is 6.36. The van der Waals surface area contributed by atoms with Crippen molar-refractivity contribution in [3.63, 3.8) is 0 Å². The van der Waals surface area contributed by atoms with Crippen LogP contribution in [-0.2, 0) is 11.2 Å². The molecule has 1 aromatic carbocycles. The van der Waals surface area contributed by atoms with Crippen LogP contribution in [0.3, 0.4) is 0 Å². The minimum absolute atomic E-state index is 0.222. The van der Waals surface area contributed by atoms with Gasteiger partial charge in [0.15, 0.2) is 11.2 Å². The number of carbonyl (C=O) groups excluding carboxylic acids is 1. The molecule has 0 saturated heterocycles. The molecule has 0 saturated carbocycles. The first-order chi connectivity index (χ1) is 16.9. The van der Waals surface area contributed by atoms with Gasteiger partial charge in [0.25, 0.3) is 0 Å². The Bertz CT molecular complexity index is 916. The van der Waals surface area contributed by atoms with Gasteiger partial charge in [0.2, 0.25) is 0 Å². The van der Waals surface area contributed by atoms with E-state index in [9.17, 15) is 10.1 Å². The lowest BCUT2D eigenvalue weighted by molar-refractivity contribution is -0.142. The van der Waals surface area contributed by atoms with Gasteiger partial charge >= 0.3 is 5.97 Å². The van der Waals surface area contributed by atoms with Crippen molar-refractivity contribution in [2.24, 2.45) is 11.3 Å². The Hall–Kier alpha value is -2.74. The standard InChI is InChI=1S/C30H43N3O2/c1-5-6-7-8-9-10-11-12-13-14-15-25-21-32-28(33-22-25)26-16-18-27(19-17-26)35-29(34)30(4,23-31)20-24(2)3/h16-19,21-22,24H,5-15,20H2,1-4H3. The first kappa shape index (κ1) is 28.5. The largest absolute Gasteiger partial charge is 0.425 e. The van der Waals surface area contributed by atoms with E-state index in [1.165, 1.54) is 69.8 Å². The minimum Gasteiger partial charge on any atom is -0.425 e. The van der Waals surface area contributed by atoms with Gasteiger partial charge in [0.1, 0.15) is 5.75 Å². The Morgan fingerprint density at radius 1 is 0.943 bits per heavy atom. The van der Waals surface area contributed by atoms with Crippen molar-refractivity contribution in [1.29, 1.82) is 5.26 Å². The van der Waals surface area contributed by atoms with E-state index in [0.29, 0.717) is 18.0 Å². The van der Waals surface area contributed by atoms with Crippen molar-refractivity contribution in [2.45, 2.75) is 105 Å². The first-order valence-electron chi connectivity index (χ1n) is 13.4. The van der Waals surface area contributed by atoms with Crippen LogP contribution in [-0.4, -0.2) is 15.9 Å². The van der Waals surface area contributed by atoms with Crippen LogP contribution in [0.1, 0.15) is 104 Å². The van der Waals surface area contributed by atoms with Gasteiger partial charge in [-0.15, -0.1) is 0 Å². The van der Waals surface area contributed by atoms with Crippen molar-refractivity contribution in [2.75, 3.05) is 0 Å². The van der Waals surface area contributed by atoms with Crippen LogP contribution in [0.5, 0.6) is 5.75 Å². The number of benzene rings is 1. The molecule has 0 bridgehead atoms. The number of hydrogen-bond acceptors (Lipinski definition) is 5. The molecule has 0 aliphatic carbocycles. The average molecular weight is 478 g/mol. The molecule has 1 aromatic heterocycles. The molecule has 2 aromatic rings. The fourth-order valence-corrected chi connectivity index (χ4v) is 4.33. The smallest absolute Gasteiger partial charge is 0.331 e. The molecule has 1 heterocycles. The summed E-state index contributed by atoms with van der Waals surface area (Å²) >= 11 is 0. The van der Waals surface area contributed by atoms with Gasteiger partial charge in [-0.1, -0.05) is 78.6 Å². The van der Waals surface area contributed by atoms with E-state index in [2.05, 4.69) is 23.0 Å². The molecule has 0 aliphatic rings. The summed E-state index contributed by atoms with van der Waals surface area (Å²) in [7, 11) is 0. The molecule has 0 aliphatic heterocycles. The van der Waals surface area contributed by atoms with Gasteiger partial charge in [0, 0.05) is 18.0 Å². The maximum absolute atomic E-state index is 12.5. The molecular weight excluding hydrogens is 434 g/mol. The van der Waals surface area contributed by atoms with Crippen molar-refractivity contribution >= 4 is 5.97 Å². The highest BCUT2D eigenvalue weighted by Crippen LogP contribution is 2.28. The van der Waals surface area contributed by atoms with E-state index in [1.54, 1.807) is 19.1 Å². The van der Waals surface area contributed by atoms with Crippen LogP contribution in [0, 0.1) is 22.7 Å². The van der Waals surface area contributed by atoms with Gasteiger partial charge < -0.3 is 4.74 Å². The molecule has 0 spiro atoms. The Labute approximate surface area is 212 Å². The van der Waals surface area contributed by atoms with E-state index in [4.69, 9.17) is 4.74 Å². The molecule has 0 radical (unpaired) electrons. The lowest BCUT2D eigenvalue weighted by Gasteiger charge is -2.21. The highest BCUT2D eigenvalue weighted by molar-refractivity contribution is 5.81. The fraction of sp³-hybridized carbons (Fsp3) is 0.600. The predicted octanol–water partition coefficient (Wildman–Crippen LogP) is 8.09. The van der Waals surface area contributed by atoms with E-state index in [1.807, 2.05) is 38.4 Å². The Kier molecular flexibility index (Phi) is 12.5. The second-order valence-corrected chi connectivity index (χ2v) is 10.3. The van der Waals surface area contributed by atoms with Gasteiger partial charge in [-0.3, -0.25) is 0 Å². The summed E-state index contributed by atoms with van der Waals surface area (Å²) in [5, 5.41) is 9.47. The zero-order valence-electron chi connectivity index (χ0n) is 22.2. The summed E-state index contributed by atoms with van der Waals surface area (Å²) in [5.41, 5.74) is 0.875. The number of carbonyl (C=O) groups is 1. The van der Waals surface area contributed by atoms with Gasteiger partial charge in [-0.2, -0.15) is 5.26 Å². The average Bonchev–Trinajstić information content (AvgIpc) is 2.85. The number of nitriles is 1. The molecular formula is C30H43N3O2. The molecule has 0 amide bonds. The van der Waals surface area contributed by atoms with E-state index in [0.717, 1.165) is 12.0 Å². The summed E-state index contributed by atoms with van der Waals surface area (Å²) in [6.45, 7) is 7.87. The van der Waals surface area contributed by atoms with Crippen LogP contribution >= 0.6 is 0 Å². The summed E-state index contributed by atoms with van der Waals surface area (Å²) in [4.78, 5) is 21.6. The van der Waals surface area contributed by atoms with Crippen molar-refractivity contribution in [3.8, 4) is 23.2 Å². The van der Waals surface area contributed by atoms with E-state index < -0.39 is 11.4 Å². The van der Waals surface area contributed by atoms with Gasteiger partial charge in [0.05, 0.1) is 6.07 Å². The summed E-state index contributed by atoms with van der Waals surface area (Å²) in [6.07, 6.45) is 18.6. The van der Waals surface area contributed by atoms with Crippen molar-refractivity contribution in [3.05, 3.63) is 42.2 Å². The van der Waals surface area contributed by atoms with Crippen LogP contribution in [0.25, 0.3) is 11.4 Å². The van der Waals surface area contributed by atoms with Gasteiger partial charge in [-0.05, 0) is 61.9 Å². The van der Waals surface area contributed by atoms with Crippen LogP contribution in [0.4, 0.5) is 0 Å². The predicted molar refractivity (Wildman–Crippen MR) is 142 cm³/mol. The molecule has 5 heteroatoms. The monoisotopic (exact) mass is 477 g/mol. The minimum atomic E-state index is -1.15. The quantitative estimate of drug-likeness (QED) is 0.139. The van der Waals surface area contributed by atoms with E-state index in [-0.39, 0.29) is 5.92 Å². The molecule has 2 rings (SSSR count). The third kappa shape index (κ3) is 10.2. The second-order valence-electron chi connectivity index (χ2n) is 10.3. The number of nitrogens with zero attached hydrogens (tertiary/aromatic N) is 3. The molecule has 35 heavy (non-hydrogen) atoms.